The number of carbonyl (C=O) groups excluding carboxylic acids is 1. The van der Waals surface area contributed by atoms with Crippen LogP contribution >= 0.6 is 11.8 Å². The molecule has 0 spiro atoms. The highest BCUT2D eigenvalue weighted by Gasteiger charge is 2.24. The second kappa shape index (κ2) is 5.53. The summed E-state index contributed by atoms with van der Waals surface area (Å²) in [6.45, 7) is 1.86. The van der Waals surface area contributed by atoms with E-state index in [1.165, 1.54) is 6.07 Å². The molecule has 21 heavy (non-hydrogen) atoms. The number of halogens is 1. The first-order valence-corrected chi connectivity index (χ1v) is 6.99. The zero-order chi connectivity index (χ0) is 14.8. The zero-order valence-electron chi connectivity index (χ0n) is 11.1. The van der Waals surface area contributed by atoms with Gasteiger partial charge in [-0.05, 0) is 30.8 Å². The van der Waals surface area contributed by atoms with Gasteiger partial charge in [0.05, 0.1) is 4.91 Å². The molecule has 5 nitrogen and oxygen atoms in total. The zero-order valence-corrected chi connectivity index (χ0v) is 11.9. The summed E-state index contributed by atoms with van der Waals surface area (Å²) in [5.74, 6) is 0.490. The first kappa shape index (κ1) is 13.6. The van der Waals surface area contributed by atoms with Crippen LogP contribution in [0.1, 0.15) is 11.3 Å². The van der Waals surface area contributed by atoms with E-state index in [0.717, 1.165) is 17.5 Å². The summed E-state index contributed by atoms with van der Waals surface area (Å²) in [6, 6.07) is 8.11. The molecule has 1 saturated heterocycles. The Hall–Kier alpha value is -2.41. The van der Waals surface area contributed by atoms with E-state index < -0.39 is 0 Å². The van der Waals surface area contributed by atoms with Crippen molar-refractivity contribution in [3.63, 3.8) is 0 Å². The Labute approximate surface area is 124 Å². The molecule has 2 heterocycles. The molecule has 0 saturated carbocycles. The number of aromatic nitrogens is 2. The second-order valence-electron chi connectivity index (χ2n) is 4.41. The Balaban J connectivity index is 1.98. The molecule has 2 aromatic rings. The Morgan fingerprint density at radius 1 is 1.38 bits per heavy atom. The van der Waals surface area contributed by atoms with Gasteiger partial charge in [-0.15, -0.1) is 0 Å². The molecule has 0 unspecified atom stereocenters. The Morgan fingerprint density at radius 3 is 2.90 bits per heavy atom. The van der Waals surface area contributed by atoms with Gasteiger partial charge in [-0.2, -0.15) is 5.10 Å². The van der Waals surface area contributed by atoms with Crippen LogP contribution < -0.4 is 5.32 Å². The number of hydrogen-bond acceptors (Lipinski definition) is 4. The van der Waals surface area contributed by atoms with Crippen LogP contribution in [0.4, 0.5) is 15.0 Å². The molecule has 1 aromatic carbocycles. The third-order valence-electron chi connectivity index (χ3n) is 2.77. The van der Waals surface area contributed by atoms with Crippen molar-refractivity contribution in [2.75, 3.05) is 0 Å². The molecule has 3 rings (SSSR count). The minimum Gasteiger partial charge on any atom is -0.300 e. The van der Waals surface area contributed by atoms with Gasteiger partial charge in [0.1, 0.15) is 11.7 Å². The average Bonchev–Trinajstić information content (AvgIpc) is 2.99. The van der Waals surface area contributed by atoms with Gasteiger partial charge < -0.3 is 5.32 Å². The standard InChI is InChI=1S/C14H11FN4OS/c1-8-6-12(19-18-8)16-13-11(21-14(20)17-13)7-9-4-2-3-5-10(9)15/h2-7H,1H3,(H2,16,17,18,19,20)/b11-7-. The van der Waals surface area contributed by atoms with Crippen molar-refractivity contribution < 1.29 is 9.18 Å². The number of amidine groups is 1. The SMILES string of the molecule is Cc1cc(N=C2NC(=O)S/C2=C\c2ccccc2F)n[nH]1. The molecule has 1 fully saturated rings. The lowest BCUT2D eigenvalue weighted by Gasteiger charge is -1.99. The third-order valence-corrected chi connectivity index (χ3v) is 3.59. The van der Waals surface area contributed by atoms with Crippen LogP contribution in [0.5, 0.6) is 0 Å². The van der Waals surface area contributed by atoms with Crippen molar-refractivity contribution in [2.45, 2.75) is 6.92 Å². The lowest BCUT2D eigenvalue weighted by molar-refractivity contribution is 0.265. The molecule has 106 valence electrons. The second-order valence-corrected chi connectivity index (χ2v) is 5.43. The maximum Gasteiger partial charge on any atom is 0.289 e. The summed E-state index contributed by atoms with van der Waals surface area (Å²) < 4.78 is 13.7. The number of hydrogen-bond donors (Lipinski definition) is 2. The average molecular weight is 302 g/mol. The van der Waals surface area contributed by atoms with Gasteiger partial charge in [-0.25, -0.2) is 9.38 Å². The van der Waals surface area contributed by atoms with Crippen LogP contribution in [0.15, 0.2) is 40.2 Å². The number of aromatic amines is 1. The van der Waals surface area contributed by atoms with Crippen molar-refractivity contribution in [3.05, 3.63) is 52.3 Å². The van der Waals surface area contributed by atoms with Crippen LogP contribution in [0.25, 0.3) is 6.08 Å². The smallest absolute Gasteiger partial charge is 0.289 e. The molecule has 7 heteroatoms. The first-order valence-electron chi connectivity index (χ1n) is 6.18. The van der Waals surface area contributed by atoms with Crippen molar-refractivity contribution >= 4 is 34.7 Å². The van der Waals surface area contributed by atoms with Gasteiger partial charge in [-0.1, -0.05) is 18.2 Å². The summed E-state index contributed by atoms with van der Waals surface area (Å²) in [6.07, 6.45) is 1.59. The van der Waals surface area contributed by atoms with E-state index in [1.54, 1.807) is 30.3 Å². The van der Waals surface area contributed by atoms with Gasteiger partial charge in [-0.3, -0.25) is 9.89 Å². The van der Waals surface area contributed by atoms with E-state index in [4.69, 9.17) is 0 Å². The number of aryl methyl sites for hydroxylation is 1. The summed E-state index contributed by atoms with van der Waals surface area (Å²) in [7, 11) is 0. The lowest BCUT2D eigenvalue weighted by Crippen LogP contribution is -2.18. The molecule has 1 aromatic heterocycles. The minimum absolute atomic E-state index is 0.247. The van der Waals surface area contributed by atoms with E-state index in [1.807, 2.05) is 6.92 Å². The number of nitrogens with zero attached hydrogens (tertiary/aromatic N) is 2. The van der Waals surface area contributed by atoms with Crippen molar-refractivity contribution in [3.8, 4) is 0 Å². The highest BCUT2D eigenvalue weighted by atomic mass is 32.2. The van der Waals surface area contributed by atoms with E-state index in [0.29, 0.717) is 22.1 Å². The number of rotatable bonds is 2. The van der Waals surface area contributed by atoms with Crippen molar-refractivity contribution in [1.29, 1.82) is 0 Å². The topological polar surface area (TPSA) is 70.1 Å². The number of H-pyrrole nitrogens is 1. The van der Waals surface area contributed by atoms with Gasteiger partial charge >= 0.3 is 0 Å². The molecule has 0 atom stereocenters. The summed E-state index contributed by atoms with van der Waals surface area (Å²) >= 11 is 0.979. The van der Waals surface area contributed by atoms with E-state index in [-0.39, 0.29) is 11.1 Å². The molecule has 1 aliphatic heterocycles. The predicted molar refractivity (Wildman–Crippen MR) is 80.9 cm³/mol. The Morgan fingerprint density at radius 2 is 2.19 bits per heavy atom. The highest BCUT2D eigenvalue weighted by Crippen LogP contribution is 2.28. The van der Waals surface area contributed by atoms with E-state index >= 15 is 0 Å². The fourth-order valence-corrected chi connectivity index (χ4v) is 2.55. The normalized spacial score (nSPS) is 18.5. The third kappa shape index (κ3) is 3.03. The van der Waals surface area contributed by atoms with Gasteiger partial charge in [0.25, 0.3) is 5.24 Å². The quantitative estimate of drug-likeness (QED) is 0.893. The fraction of sp³-hybridized carbons (Fsp3) is 0.0714. The van der Waals surface area contributed by atoms with Gasteiger partial charge in [0, 0.05) is 17.3 Å². The maximum atomic E-state index is 13.7. The monoisotopic (exact) mass is 302 g/mol. The van der Waals surface area contributed by atoms with E-state index in [9.17, 15) is 9.18 Å². The molecular formula is C14H11FN4OS. The van der Waals surface area contributed by atoms with Crippen LogP contribution in [0, 0.1) is 12.7 Å². The number of aliphatic imine (C=N–C) groups is 1. The summed E-state index contributed by atoms with van der Waals surface area (Å²) in [4.78, 5) is 16.4. The fourth-order valence-electron chi connectivity index (χ4n) is 1.82. The first-order chi connectivity index (χ1) is 10.1. The van der Waals surface area contributed by atoms with Crippen LogP contribution in [-0.4, -0.2) is 21.3 Å². The Bertz CT molecular complexity index is 766. The maximum absolute atomic E-state index is 13.7. The summed E-state index contributed by atoms with van der Waals surface area (Å²) in [5, 5.41) is 9.14. The van der Waals surface area contributed by atoms with Crippen molar-refractivity contribution in [2.24, 2.45) is 4.99 Å². The lowest BCUT2D eigenvalue weighted by atomic mass is 10.2. The minimum atomic E-state index is -0.347. The van der Waals surface area contributed by atoms with Crippen LogP contribution in [0.2, 0.25) is 0 Å². The molecule has 0 radical (unpaired) electrons. The molecule has 2 N–H and O–H groups in total. The molecular weight excluding hydrogens is 291 g/mol. The molecule has 1 aliphatic rings. The van der Waals surface area contributed by atoms with Gasteiger partial charge in [0.2, 0.25) is 0 Å². The number of thioether (sulfide) groups is 1. The molecule has 0 bridgehead atoms. The number of benzene rings is 1. The predicted octanol–water partition coefficient (Wildman–Crippen LogP) is 3.38. The number of nitrogens with one attached hydrogen (secondary N) is 2. The highest BCUT2D eigenvalue weighted by molar-refractivity contribution is 8.18. The number of carbonyl (C=O) groups is 1. The molecule has 1 amide bonds. The van der Waals surface area contributed by atoms with Crippen LogP contribution in [0.3, 0.4) is 0 Å². The van der Waals surface area contributed by atoms with Crippen molar-refractivity contribution in [1.82, 2.24) is 15.5 Å². The van der Waals surface area contributed by atoms with Crippen LogP contribution in [-0.2, 0) is 0 Å². The Kier molecular flexibility index (Phi) is 3.57. The van der Waals surface area contributed by atoms with Gasteiger partial charge in [0.15, 0.2) is 5.82 Å². The largest absolute Gasteiger partial charge is 0.300 e. The summed E-state index contributed by atoms with van der Waals surface area (Å²) in [5.41, 5.74) is 1.27. The number of amides is 1. The molecule has 0 aliphatic carbocycles. The van der Waals surface area contributed by atoms with E-state index in [2.05, 4.69) is 20.5 Å².